The second-order valence-corrected chi connectivity index (χ2v) is 1.51. The molecule has 0 amide bonds. The first kappa shape index (κ1) is 12.7. The van der Waals surface area contributed by atoms with Crippen molar-refractivity contribution < 1.29 is 0 Å². The van der Waals surface area contributed by atoms with Gasteiger partial charge in [-0.15, -0.1) is 5.10 Å². The first-order chi connectivity index (χ1) is 7.91. The number of rotatable bonds is 3. The lowest BCUT2D eigenvalue weighted by Gasteiger charge is -1.66. The second-order valence-electron chi connectivity index (χ2n) is 1.51. The first-order valence-corrected chi connectivity index (χ1v) is 3.39. The Morgan fingerprint density at radius 3 is 2.44 bits per heavy atom. The van der Waals surface area contributed by atoms with E-state index in [1.165, 1.54) is 6.07 Å². The molecule has 0 heterocycles. The zero-order valence-electron chi connectivity index (χ0n) is 7.60. The van der Waals surface area contributed by atoms with Gasteiger partial charge in [0.1, 0.15) is 6.21 Å². The third-order valence-electron chi connectivity index (χ3n) is 0.664. The molecule has 0 saturated heterocycles. The summed E-state index contributed by atoms with van der Waals surface area (Å²) in [6.07, 6.45) is 1.07. The summed E-state index contributed by atoms with van der Waals surface area (Å²) < 4.78 is 0. The molecule has 0 aliphatic carbocycles. The molecule has 0 spiro atoms. The third kappa shape index (κ3) is 10.7. The average molecular weight is 214 g/mol. The van der Waals surface area contributed by atoms with Gasteiger partial charge in [0.05, 0.1) is 12.1 Å². The molecule has 0 unspecified atom stereocenters. The van der Waals surface area contributed by atoms with E-state index in [-0.39, 0.29) is 0 Å². The van der Waals surface area contributed by atoms with Crippen LogP contribution in [0.4, 0.5) is 0 Å². The number of nitrogens with zero attached hydrogens (tertiary/aromatic N) is 9. The Balaban J connectivity index is 3.93. The Morgan fingerprint density at radius 2 is 1.75 bits per heavy atom. The molecule has 16 heavy (non-hydrogen) atoms. The van der Waals surface area contributed by atoms with E-state index in [1.807, 2.05) is 12.0 Å². The molecule has 10 heteroatoms. The minimum atomic E-state index is 1.07. The zero-order valence-corrected chi connectivity index (χ0v) is 7.60. The van der Waals surface area contributed by atoms with Crippen molar-refractivity contribution in [3.05, 3.63) is 0 Å². The molecule has 0 aromatic heterocycles. The van der Waals surface area contributed by atoms with Gasteiger partial charge in [-0.25, -0.2) is 0 Å². The van der Waals surface area contributed by atoms with Gasteiger partial charge in [-0.3, -0.25) is 0 Å². The minimum Gasteiger partial charge on any atom is -0.183 e. The van der Waals surface area contributed by atoms with Crippen molar-refractivity contribution in [3.8, 4) is 30.0 Å². The Labute approximate surface area is 89.3 Å². The SMILES string of the molecule is N#CC#CN=NN=NC#C/C=N/N=N/N=N. The molecule has 76 valence electrons. The molecule has 0 atom stereocenters. The van der Waals surface area contributed by atoms with Gasteiger partial charge in [0.15, 0.2) is 6.07 Å². The Hall–Kier alpha value is -3.32. The quantitative estimate of drug-likeness (QED) is 0.323. The van der Waals surface area contributed by atoms with Crippen molar-refractivity contribution in [1.29, 1.82) is 10.8 Å². The molecule has 0 aliphatic rings. The highest BCUT2D eigenvalue weighted by atomic mass is 15.5. The van der Waals surface area contributed by atoms with Crippen LogP contribution in [0.15, 0.2) is 41.4 Å². The van der Waals surface area contributed by atoms with Crippen LogP contribution in [0.1, 0.15) is 0 Å². The predicted octanol–water partition coefficient (Wildman–Crippen LogP) is 1.64. The summed E-state index contributed by atoms with van der Waals surface area (Å²) in [5.74, 6) is 4.27. The van der Waals surface area contributed by atoms with Crippen LogP contribution >= 0.6 is 0 Å². The monoisotopic (exact) mass is 214 g/mol. The molecule has 10 nitrogen and oxygen atoms in total. The second kappa shape index (κ2) is 11.7. The van der Waals surface area contributed by atoms with E-state index in [2.05, 4.69) is 53.4 Å². The number of hydrogen-bond donors (Lipinski definition) is 1. The maximum Gasteiger partial charge on any atom is 0.154 e. The lowest BCUT2D eigenvalue weighted by molar-refractivity contribution is 0.862. The maximum absolute atomic E-state index is 7.98. The van der Waals surface area contributed by atoms with Crippen molar-refractivity contribution >= 4 is 6.21 Å². The van der Waals surface area contributed by atoms with Gasteiger partial charge in [0.2, 0.25) is 0 Å². The number of nitrogens with one attached hydrogen (secondary N) is 1. The normalized spacial score (nSPS) is 9.94. The number of hydrogen-bond acceptors (Lipinski definition) is 5. The molecule has 0 fully saturated rings. The van der Waals surface area contributed by atoms with Gasteiger partial charge < -0.3 is 0 Å². The van der Waals surface area contributed by atoms with Crippen LogP contribution in [-0.4, -0.2) is 6.21 Å². The lowest BCUT2D eigenvalue weighted by Crippen LogP contribution is -1.60. The van der Waals surface area contributed by atoms with E-state index >= 15 is 0 Å². The molecule has 0 aliphatic heterocycles. The van der Waals surface area contributed by atoms with Crippen molar-refractivity contribution in [1.82, 2.24) is 0 Å². The van der Waals surface area contributed by atoms with Crippen LogP contribution < -0.4 is 0 Å². The fraction of sp³-hybridized carbons (Fsp3) is 0. The van der Waals surface area contributed by atoms with Gasteiger partial charge in [0.25, 0.3) is 0 Å². The zero-order chi connectivity index (χ0) is 11.9. The van der Waals surface area contributed by atoms with Gasteiger partial charge in [-0.1, -0.05) is 10.2 Å². The Bertz CT molecular complexity index is 481. The lowest BCUT2D eigenvalue weighted by atomic mass is 10.7. The first-order valence-electron chi connectivity index (χ1n) is 3.39. The maximum atomic E-state index is 7.98. The fourth-order valence-electron chi connectivity index (χ4n) is 0.290. The highest BCUT2D eigenvalue weighted by molar-refractivity contribution is 5.77. The molecule has 0 saturated carbocycles. The highest BCUT2D eigenvalue weighted by Crippen LogP contribution is 1.77. The molecule has 0 aromatic carbocycles. The summed E-state index contributed by atoms with van der Waals surface area (Å²) in [6.45, 7) is 0. The van der Waals surface area contributed by atoms with Crippen LogP contribution in [0.2, 0.25) is 0 Å². The summed E-state index contributed by atoms with van der Waals surface area (Å²) in [5.41, 5.74) is 6.21. The van der Waals surface area contributed by atoms with Crippen molar-refractivity contribution in [2.24, 2.45) is 41.4 Å². The number of nitriles is 1. The molecule has 0 radical (unpaired) electrons. The molecular formula is C6H2N10. The summed E-state index contributed by atoms with van der Waals surface area (Å²) >= 11 is 0. The molecule has 0 bridgehead atoms. The molecule has 1 N–H and O–H groups in total. The summed E-state index contributed by atoms with van der Waals surface area (Å²) in [5, 5.41) is 32.2. The summed E-state index contributed by atoms with van der Waals surface area (Å²) in [7, 11) is 0. The van der Waals surface area contributed by atoms with Crippen LogP contribution in [0.5, 0.6) is 0 Å². The van der Waals surface area contributed by atoms with E-state index in [1.54, 1.807) is 0 Å². The fourth-order valence-corrected chi connectivity index (χ4v) is 0.290. The van der Waals surface area contributed by atoms with Crippen molar-refractivity contribution in [2.75, 3.05) is 0 Å². The molecule has 0 aromatic rings. The topological polar surface area (TPSA) is 147 Å². The van der Waals surface area contributed by atoms with Crippen molar-refractivity contribution in [3.63, 3.8) is 0 Å². The van der Waals surface area contributed by atoms with Crippen LogP contribution in [0.25, 0.3) is 0 Å². The van der Waals surface area contributed by atoms with Gasteiger partial charge >= 0.3 is 0 Å². The van der Waals surface area contributed by atoms with Crippen molar-refractivity contribution in [2.45, 2.75) is 0 Å². The van der Waals surface area contributed by atoms with E-state index < -0.39 is 0 Å². The molecule has 0 rings (SSSR count). The average Bonchev–Trinajstić information content (AvgIpc) is 2.31. The summed E-state index contributed by atoms with van der Waals surface area (Å²) in [4.78, 5) is 0. The van der Waals surface area contributed by atoms with E-state index in [9.17, 15) is 0 Å². The van der Waals surface area contributed by atoms with Crippen LogP contribution in [0, 0.1) is 40.8 Å². The van der Waals surface area contributed by atoms with Crippen LogP contribution in [-0.2, 0) is 0 Å². The van der Waals surface area contributed by atoms with Crippen LogP contribution in [0.3, 0.4) is 0 Å². The third-order valence-corrected chi connectivity index (χ3v) is 0.664. The standard InChI is InChI=1S/C6H2N10/c7-3-1-4-9-13-14-10-5-2-6-11-15-16-12-8/h6,8H/b11-6+,12-8?,13-9?,14-10?,16-15+. The molecular weight excluding hydrogens is 212 g/mol. The summed E-state index contributed by atoms with van der Waals surface area (Å²) in [6, 6.07) is 5.72. The van der Waals surface area contributed by atoms with E-state index in [0.717, 1.165) is 6.21 Å². The predicted molar refractivity (Wildman–Crippen MR) is 49.4 cm³/mol. The minimum absolute atomic E-state index is 1.07. The Morgan fingerprint density at radius 1 is 1.00 bits per heavy atom. The van der Waals surface area contributed by atoms with Gasteiger partial charge in [-0.2, -0.15) is 10.8 Å². The Kier molecular flexibility index (Phi) is 9.26. The van der Waals surface area contributed by atoms with Gasteiger partial charge in [0, 0.05) is 5.92 Å². The van der Waals surface area contributed by atoms with Gasteiger partial charge in [-0.05, 0) is 32.0 Å². The highest BCUT2D eigenvalue weighted by Gasteiger charge is 1.64. The largest absolute Gasteiger partial charge is 0.183 e. The smallest absolute Gasteiger partial charge is 0.154 e. The van der Waals surface area contributed by atoms with E-state index in [4.69, 9.17) is 10.8 Å². The van der Waals surface area contributed by atoms with E-state index in [0.29, 0.717) is 0 Å².